The number of methoxy groups -OCH3 is 1. The molecule has 0 aliphatic carbocycles. The summed E-state index contributed by atoms with van der Waals surface area (Å²) in [7, 11) is 1.69. The molecule has 2 amide bonds. The molecule has 0 saturated carbocycles. The summed E-state index contributed by atoms with van der Waals surface area (Å²) >= 11 is 0. The zero-order chi connectivity index (χ0) is 18.8. The van der Waals surface area contributed by atoms with Crippen LogP contribution in [0.3, 0.4) is 0 Å². The molecule has 1 aromatic carbocycles. The summed E-state index contributed by atoms with van der Waals surface area (Å²) in [5, 5.41) is 6.10. The van der Waals surface area contributed by atoms with Crippen LogP contribution in [0.5, 0.6) is 0 Å². The molecule has 2 rings (SSSR count). The molecule has 0 bridgehead atoms. The van der Waals surface area contributed by atoms with Gasteiger partial charge in [0, 0.05) is 26.2 Å². The van der Waals surface area contributed by atoms with Gasteiger partial charge in [-0.1, -0.05) is 51.0 Å². The lowest BCUT2D eigenvalue weighted by Crippen LogP contribution is -2.48. The highest BCUT2D eigenvalue weighted by atomic mass is 16.5. The molecule has 1 aliphatic rings. The summed E-state index contributed by atoms with van der Waals surface area (Å²) in [5.74, 6) is 0.635. The van der Waals surface area contributed by atoms with E-state index in [0.717, 1.165) is 43.6 Å². The average molecular weight is 362 g/mol. The Morgan fingerprint density at radius 3 is 2.38 bits per heavy atom. The summed E-state index contributed by atoms with van der Waals surface area (Å²) in [6.07, 6.45) is 4.87. The maximum Gasteiger partial charge on any atom is 0.315 e. The quantitative estimate of drug-likeness (QED) is 0.670. The maximum atomic E-state index is 12.3. The maximum absolute atomic E-state index is 12.3. The zero-order valence-electron chi connectivity index (χ0n) is 16.6. The van der Waals surface area contributed by atoms with E-state index in [1.807, 2.05) is 24.3 Å². The van der Waals surface area contributed by atoms with Gasteiger partial charge in [-0.2, -0.15) is 0 Å². The number of urea groups is 1. The van der Waals surface area contributed by atoms with Gasteiger partial charge in [-0.3, -0.25) is 4.90 Å². The molecule has 1 atom stereocenters. The SMILES string of the molecule is CCC(CC)[C@H](CNC(=O)NCc1ccccc1COC)N1CCCC1. The van der Waals surface area contributed by atoms with Crippen molar-refractivity contribution in [2.75, 3.05) is 26.7 Å². The van der Waals surface area contributed by atoms with Gasteiger partial charge in [0.1, 0.15) is 0 Å². The highest BCUT2D eigenvalue weighted by Crippen LogP contribution is 2.22. The Balaban J connectivity index is 1.86. The number of carbonyl (C=O) groups excluding carboxylic acids is 1. The molecule has 1 saturated heterocycles. The number of hydrogen-bond donors (Lipinski definition) is 2. The van der Waals surface area contributed by atoms with Crippen LogP contribution in [0.15, 0.2) is 24.3 Å². The second-order valence-corrected chi connectivity index (χ2v) is 7.15. The third kappa shape index (κ3) is 5.99. The molecule has 5 nitrogen and oxygen atoms in total. The predicted molar refractivity (Wildman–Crippen MR) is 106 cm³/mol. The average Bonchev–Trinajstić information content (AvgIpc) is 3.19. The van der Waals surface area contributed by atoms with E-state index in [0.29, 0.717) is 25.1 Å². The first-order valence-electron chi connectivity index (χ1n) is 10.0. The van der Waals surface area contributed by atoms with Crippen LogP contribution < -0.4 is 10.6 Å². The van der Waals surface area contributed by atoms with Gasteiger partial charge in [-0.15, -0.1) is 0 Å². The van der Waals surface area contributed by atoms with Crippen molar-refractivity contribution in [2.24, 2.45) is 5.92 Å². The molecule has 0 spiro atoms. The Hall–Kier alpha value is -1.59. The van der Waals surface area contributed by atoms with Crippen LogP contribution in [0.25, 0.3) is 0 Å². The van der Waals surface area contributed by atoms with Crippen LogP contribution >= 0.6 is 0 Å². The van der Waals surface area contributed by atoms with Gasteiger partial charge in [-0.25, -0.2) is 4.79 Å². The largest absolute Gasteiger partial charge is 0.380 e. The first-order chi connectivity index (χ1) is 12.7. The van der Waals surface area contributed by atoms with Gasteiger partial charge in [0.05, 0.1) is 6.61 Å². The molecule has 146 valence electrons. The Morgan fingerprint density at radius 2 is 1.77 bits per heavy atom. The second-order valence-electron chi connectivity index (χ2n) is 7.15. The molecule has 0 unspecified atom stereocenters. The van der Waals surface area contributed by atoms with Crippen molar-refractivity contribution in [1.29, 1.82) is 0 Å². The topological polar surface area (TPSA) is 53.6 Å². The number of nitrogens with zero attached hydrogens (tertiary/aromatic N) is 1. The van der Waals surface area contributed by atoms with Gasteiger partial charge < -0.3 is 15.4 Å². The smallest absolute Gasteiger partial charge is 0.315 e. The van der Waals surface area contributed by atoms with Crippen LogP contribution in [0.4, 0.5) is 4.79 Å². The Labute approximate surface area is 158 Å². The number of likely N-dealkylation sites (tertiary alicyclic amines) is 1. The lowest BCUT2D eigenvalue weighted by molar-refractivity contribution is 0.161. The summed E-state index contributed by atoms with van der Waals surface area (Å²) in [6.45, 7) is 8.63. The first-order valence-corrected chi connectivity index (χ1v) is 10.0. The number of nitrogens with one attached hydrogen (secondary N) is 2. The van der Waals surface area contributed by atoms with E-state index in [9.17, 15) is 4.79 Å². The second kappa shape index (κ2) is 11.2. The molecule has 0 aromatic heterocycles. The van der Waals surface area contributed by atoms with Crippen molar-refractivity contribution >= 4 is 6.03 Å². The standard InChI is InChI=1S/C21H35N3O2/c1-4-17(5-2)20(24-12-8-9-13-24)15-23-21(25)22-14-18-10-6-7-11-19(18)16-26-3/h6-7,10-11,17,20H,4-5,8-9,12-16H2,1-3H3,(H2,22,23,25)/t20-/m0/s1. The number of ether oxygens (including phenoxy) is 1. The van der Waals surface area contributed by atoms with Crippen molar-refractivity contribution in [3.63, 3.8) is 0 Å². The number of rotatable bonds is 10. The van der Waals surface area contributed by atoms with Gasteiger partial charge in [0.15, 0.2) is 0 Å². The summed E-state index contributed by atoms with van der Waals surface area (Å²) in [6, 6.07) is 8.41. The van der Waals surface area contributed by atoms with Gasteiger partial charge in [0.25, 0.3) is 0 Å². The van der Waals surface area contributed by atoms with Crippen molar-refractivity contribution in [3.8, 4) is 0 Å². The first kappa shape index (κ1) is 20.7. The Bertz CT molecular complexity index is 538. The van der Waals surface area contributed by atoms with Crippen LogP contribution in [-0.2, 0) is 17.9 Å². The zero-order valence-corrected chi connectivity index (χ0v) is 16.6. The molecule has 5 heteroatoms. The minimum absolute atomic E-state index is 0.0904. The normalized spacial score (nSPS) is 16.0. The third-order valence-corrected chi connectivity index (χ3v) is 5.53. The fraction of sp³-hybridized carbons (Fsp3) is 0.667. The van der Waals surface area contributed by atoms with E-state index in [-0.39, 0.29) is 6.03 Å². The number of hydrogen-bond acceptors (Lipinski definition) is 3. The van der Waals surface area contributed by atoms with E-state index in [4.69, 9.17) is 4.74 Å². The molecule has 2 N–H and O–H groups in total. The van der Waals surface area contributed by atoms with E-state index >= 15 is 0 Å². The molecule has 1 aromatic rings. The molecule has 0 radical (unpaired) electrons. The minimum Gasteiger partial charge on any atom is -0.380 e. The fourth-order valence-electron chi connectivity index (χ4n) is 3.96. The minimum atomic E-state index is -0.0904. The Kier molecular flexibility index (Phi) is 8.92. The van der Waals surface area contributed by atoms with E-state index in [1.54, 1.807) is 7.11 Å². The van der Waals surface area contributed by atoms with Crippen LogP contribution in [-0.4, -0.2) is 43.7 Å². The predicted octanol–water partition coefficient (Wildman–Crippen LogP) is 3.53. The monoisotopic (exact) mass is 361 g/mol. The van der Waals surface area contributed by atoms with E-state index in [1.165, 1.54) is 12.8 Å². The van der Waals surface area contributed by atoms with E-state index in [2.05, 4.69) is 29.4 Å². The van der Waals surface area contributed by atoms with Crippen LogP contribution in [0.1, 0.15) is 50.7 Å². The summed E-state index contributed by atoms with van der Waals surface area (Å²) < 4.78 is 5.23. The molecule has 1 heterocycles. The summed E-state index contributed by atoms with van der Waals surface area (Å²) in [4.78, 5) is 14.9. The van der Waals surface area contributed by atoms with Gasteiger partial charge in [-0.05, 0) is 43.0 Å². The molecule has 1 aliphatic heterocycles. The number of amides is 2. The lowest BCUT2D eigenvalue weighted by Gasteiger charge is -2.33. The molecular weight excluding hydrogens is 326 g/mol. The lowest BCUT2D eigenvalue weighted by atomic mass is 9.93. The van der Waals surface area contributed by atoms with E-state index < -0.39 is 0 Å². The number of carbonyl (C=O) groups is 1. The number of benzene rings is 1. The van der Waals surface area contributed by atoms with Gasteiger partial charge in [0.2, 0.25) is 0 Å². The Morgan fingerprint density at radius 1 is 1.12 bits per heavy atom. The molecule has 26 heavy (non-hydrogen) atoms. The van der Waals surface area contributed by atoms with Crippen molar-refractivity contribution in [3.05, 3.63) is 35.4 Å². The summed E-state index contributed by atoms with van der Waals surface area (Å²) in [5.41, 5.74) is 2.21. The third-order valence-electron chi connectivity index (χ3n) is 5.53. The van der Waals surface area contributed by atoms with Crippen LogP contribution in [0.2, 0.25) is 0 Å². The highest BCUT2D eigenvalue weighted by Gasteiger charge is 2.27. The van der Waals surface area contributed by atoms with Crippen molar-refractivity contribution in [2.45, 2.75) is 58.7 Å². The molecular formula is C21H35N3O2. The van der Waals surface area contributed by atoms with Crippen LogP contribution in [0, 0.1) is 5.92 Å². The van der Waals surface area contributed by atoms with Crippen molar-refractivity contribution < 1.29 is 9.53 Å². The molecule has 1 fully saturated rings. The van der Waals surface area contributed by atoms with Crippen molar-refractivity contribution in [1.82, 2.24) is 15.5 Å². The van der Waals surface area contributed by atoms with Gasteiger partial charge >= 0.3 is 6.03 Å². The fourth-order valence-corrected chi connectivity index (χ4v) is 3.96. The highest BCUT2D eigenvalue weighted by molar-refractivity contribution is 5.73.